The SMILES string of the molecule is CCCC(CCC)Nc1nc(C)nc2c1c(C(=O)CBr)nn2-c1ccc(Cl)cc1Cl. The van der Waals surface area contributed by atoms with Crippen molar-refractivity contribution in [3.63, 3.8) is 0 Å². The first-order valence-corrected chi connectivity index (χ1v) is 11.9. The fourth-order valence-electron chi connectivity index (χ4n) is 3.49. The molecule has 1 aromatic carbocycles. The number of aryl methyl sites for hydroxylation is 1. The van der Waals surface area contributed by atoms with Gasteiger partial charge < -0.3 is 5.32 Å². The minimum absolute atomic E-state index is 0.147. The van der Waals surface area contributed by atoms with Crippen molar-refractivity contribution in [2.75, 3.05) is 10.6 Å². The summed E-state index contributed by atoms with van der Waals surface area (Å²) in [6.45, 7) is 6.14. The lowest BCUT2D eigenvalue weighted by Crippen LogP contribution is -2.20. The Morgan fingerprint density at radius 3 is 2.50 bits per heavy atom. The molecule has 0 fully saturated rings. The molecule has 0 bridgehead atoms. The molecule has 3 rings (SSSR count). The molecule has 0 radical (unpaired) electrons. The molecule has 6 nitrogen and oxygen atoms in total. The van der Waals surface area contributed by atoms with Crippen molar-refractivity contribution in [2.24, 2.45) is 0 Å². The van der Waals surface area contributed by atoms with Gasteiger partial charge in [-0.25, -0.2) is 14.6 Å². The van der Waals surface area contributed by atoms with Crippen molar-refractivity contribution in [1.29, 1.82) is 0 Å². The van der Waals surface area contributed by atoms with Crippen LogP contribution in [-0.2, 0) is 0 Å². The third-order valence-corrected chi connectivity index (χ3v) is 5.82. The standard InChI is InChI=1S/C21H24BrCl2N5O/c1-4-6-14(7-5-2)27-20-18-19(17(30)11-22)28-29(21(18)26-12(3)25-20)16-9-8-13(23)10-15(16)24/h8-10,14H,4-7,11H2,1-3H3,(H,25,26,27). The molecule has 0 spiro atoms. The number of aromatic nitrogens is 4. The number of Topliss-reactive ketones (excluding diaryl/α,β-unsaturated/α-hetero) is 1. The molecular formula is C21H24BrCl2N5O. The maximum atomic E-state index is 12.7. The number of rotatable bonds is 9. The van der Waals surface area contributed by atoms with E-state index in [9.17, 15) is 4.79 Å². The molecule has 3 aromatic rings. The fourth-order valence-corrected chi connectivity index (χ4v) is 4.24. The van der Waals surface area contributed by atoms with E-state index in [1.807, 2.05) is 6.92 Å². The monoisotopic (exact) mass is 511 g/mol. The van der Waals surface area contributed by atoms with Gasteiger partial charge in [-0.1, -0.05) is 65.8 Å². The normalized spacial score (nSPS) is 11.4. The smallest absolute Gasteiger partial charge is 0.194 e. The number of hydrogen-bond acceptors (Lipinski definition) is 5. The minimum atomic E-state index is -0.151. The Kier molecular flexibility index (Phi) is 7.71. The van der Waals surface area contributed by atoms with Crippen molar-refractivity contribution in [3.05, 3.63) is 39.8 Å². The average molecular weight is 513 g/mol. The number of nitrogens with one attached hydrogen (secondary N) is 1. The van der Waals surface area contributed by atoms with E-state index in [4.69, 9.17) is 23.2 Å². The summed E-state index contributed by atoms with van der Waals surface area (Å²) >= 11 is 15.8. The number of halogens is 3. The van der Waals surface area contributed by atoms with Crippen LogP contribution in [0.2, 0.25) is 10.0 Å². The van der Waals surface area contributed by atoms with Gasteiger partial charge in [-0.3, -0.25) is 4.79 Å². The van der Waals surface area contributed by atoms with E-state index in [0.717, 1.165) is 25.7 Å². The molecule has 9 heteroatoms. The highest BCUT2D eigenvalue weighted by Crippen LogP contribution is 2.32. The van der Waals surface area contributed by atoms with Crippen molar-refractivity contribution >= 4 is 61.8 Å². The number of benzene rings is 1. The number of carbonyl (C=O) groups excluding carboxylic acids is 1. The summed E-state index contributed by atoms with van der Waals surface area (Å²) in [7, 11) is 0. The van der Waals surface area contributed by atoms with Gasteiger partial charge in [0.25, 0.3) is 0 Å². The second kappa shape index (κ2) is 10.1. The Bertz CT molecular complexity index is 1060. The topological polar surface area (TPSA) is 72.7 Å². The average Bonchev–Trinajstić information content (AvgIpc) is 3.07. The van der Waals surface area contributed by atoms with E-state index < -0.39 is 0 Å². The second-order valence-corrected chi connectivity index (χ2v) is 8.55. The predicted molar refractivity (Wildman–Crippen MR) is 127 cm³/mol. The number of hydrogen-bond donors (Lipinski definition) is 1. The Balaban J connectivity index is 2.26. The highest BCUT2D eigenvalue weighted by Gasteiger charge is 2.25. The number of alkyl halides is 1. The lowest BCUT2D eigenvalue weighted by molar-refractivity contribution is 0.102. The minimum Gasteiger partial charge on any atom is -0.367 e. The van der Waals surface area contributed by atoms with Crippen molar-refractivity contribution in [3.8, 4) is 5.69 Å². The summed E-state index contributed by atoms with van der Waals surface area (Å²) in [5, 5.41) is 9.83. The molecule has 160 valence electrons. The Hall–Kier alpha value is -1.70. The van der Waals surface area contributed by atoms with Crippen LogP contribution in [-0.4, -0.2) is 36.9 Å². The highest BCUT2D eigenvalue weighted by atomic mass is 79.9. The van der Waals surface area contributed by atoms with Crippen LogP contribution < -0.4 is 5.32 Å². The molecule has 0 aliphatic heterocycles. The Morgan fingerprint density at radius 2 is 1.90 bits per heavy atom. The summed E-state index contributed by atoms with van der Waals surface area (Å²) < 4.78 is 1.60. The summed E-state index contributed by atoms with van der Waals surface area (Å²) in [5.74, 6) is 1.06. The van der Waals surface area contributed by atoms with Crippen molar-refractivity contribution < 1.29 is 4.79 Å². The molecule has 0 saturated heterocycles. The summed E-state index contributed by atoms with van der Waals surface area (Å²) in [6.07, 6.45) is 4.13. The first-order chi connectivity index (χ1) is 14.4. The molecule has 0 atom stereocenters. The van der Waals surface area contributed by atoms with Gasteiger partial charge >= 0.3 is 0 Å². The zero-order valence-corrected chi connectivity index (χ0v) is 20.3. The zero-order valence-electron chi connectivity index (χ0n) is 17.2. The quantitative estimate of drug-likeness (QED) is 0.265. The lowest BCUT2D eigenvalue weighted by atomic mass is 10.1. The van der Waals surface area contributed by atoms with Gasteiger partial charge in [-0.2, -0.15) is 5.10 Å². The Labute approximate surface area is 194 Å². The van der Waals surface area contributed by atoms with Gasteiger partial charge in [0.15, 0.2) is 11.4 Å². The molecular weight excluding hydrogens is 489 g/mol. The number of nitrogens with zero attached hydrogens (tertiary/aromatic N) is 4. The highest BCUT2D eigenvalue weighted by molar-refractivity contribution is 9.09. The van der Waals surface area contributed by atoms with Gasteiger partial charge in [0.2, 0.25) is 0 Å². The fraction of sp³-hybridized carbons (Fsp3) is 0.429. The molecule has 0 aliphatic rings. The molecule has 0 aliphatic carbocycles. The van der Waals surface area contributed by atoms with Crippen molar-refractivity contribution in [1.82, 2.24) is 19.7 Å². The largest absolute Gasteiger partial charge is 0.367 e. The van der Waals surface area contributed by atoms with Crippen LogP contribution in [0.1, 0.15) is 55.8 Å². The second-order valence-electron chi connectivity index (χ2n) is 7.15. The third kappa shape index (κ3) is 4.79. The molecule has 1 N–H and O–H groups in total. The molecule has 0 amide bonds. The van der Waals surface area contributed by atoms with Crippen LogP contribution in [0, 0.1) is 6.92 Å². The number of anilines is 1. The van der Waals surface area contributed by atoms with E-state index in [1.165, 1.54) is 0 Å². The van der Waals surface area contributed by atoms with E-state index in [1.54, 1.807) is 22.9 Å². The third-order valence-electron chi connectivity index (χ3n) is 4.78. The molecule has 2 aromatic heterocycles. The van der Waals surface area contributed by atoms with Gasteiger partial charge in [-0.05, 0) is 38.0 Å². The molecule has 0 unspecified atom stereocenters. The molecule has 0 saturated carbocycles. The first-order valence-electron chi connectivity index (χ1n) is 9.98. The number of fused-ring (bicyclic) bond motifs is 1. The maximum Gasteiger partial charge on any atom is 0.194 e. The van der Waals surface area contributed by atoms with Crippen LogP contribution in [0.4, 0.5) is 5.82 Å². The molecule has 30 heavy (non-hydrogen) atoms. The summed E-state index contributed by atoms with van der Waals surface area (Å²) in [5.41, 5.74) is 1.44. The number of carbonyl (C=O) groups is 1. The predicted octanol–water partition coefficient (Wildman–Crippen LogP) is 6.39. The van der Waals surface area contributed by atoms with E-state index in [-0.39, 0.29) is 17.2 Å². The summed E-state index contributed by atoms with van der Waals surface area (Å²) in [6, 6.07) is 5.39. The van der Waals surface area contributed by atoms with Gasteiger partial charge in [0.1, 0.15) is 17.3 Å². The van der Waals surface area contributed by atoms with E-state index >= 15 is 0 Å². The van der Waals surface area contributed by atoms with Crippen LogP contribution in [0.3, 0.4) is 0 Å². The number of ketones is 1. The Morgan fingerprint density at radius 1 is 1.20 bits per heavy atom. The van der Waals surface area contributed by atoms with Crippen LogP contribution in [0.15, 0.2) is 18.2 Å². The maximum absolute atomic E-state index is 12.7. The van der Waals surface area contributed by atoms with Gasteiger partial charge in [-0.15, -0.1) is 0 Å². The molecule has 2 heterocycles. The van der Waals surface area contributed by atoms with Crippen LogP contribution in [0.5, 0.6) is 0 Å². The van der Waals surface area contributed by atoms with E-state index in [0.29, 0.717) is 44.1 Å². The van der Waals surface area contributed by atoms with Gasteiger partial charge in [0, 0.05) is 11.1 Å². The van der Waals surface area contributed by atoms with Crippen molar-refractivity contribution in [2.45, 2.75) is 52.5 Å². The summed E-state index contributed by atoms with van der Waals surface area (Å²) in [4.78, 5) is 22.0. The van der Waals surface area contributed by atoms with Gasteiger partial charge in [0.05, 0.1) is 21.4 Å². The van der Waals surface area contributed by atoms with Crippen LogP contribution >= 0.6 is 39.1 Å². The first kappa shape index (κ1) is 23.0. The van der Waals surface area contributed by atoms with E-state index in [2.05, 4.69) is 50.2 Å². The zero-order chi connectivity index (χ0) is 21.8. The lowest BCUT2D eigenvalue weighted by Gasteiger charge is -2.19. The van der Waals surface area contributed by atoms with Crippen LogP contribution in [0.25, 0.3) is 16.7 Å².